The van der Waals surface area contributed by atoms with Crippen molar-refractivity contribution in [2.75, 3.05) is 0 Å². The molecule has 5 nitrogen and oxygen atoms in total. The van der Waals surface area contributed by atoms with E-state index in [2.05, 4.69) is 15.1 Å². The number of ketones is 1. The normalized spacial score (nSPS) is 10.9. The Hall–Kier alpha value is -1.49. The Bertz CT molecular complexity index is 534. The lowest BCUT2D eigenvalue weighted by molar-refractivity contribution is -0.117. The van der Waals surface area contributed by atoms with Crippen molar-refractivity contribution in [1.29, 1.82) is 0 Å². The maximum atomic E-state index is 11.0. The zero-order chi connectivity index (χ0) is 11.0. The minimum Gasteiger partial charge on any atom is -0.298 e. The number of nitrogens with zero attached hydrogens (tertiary/aromatic N) is 4. The summed E-state index contributed by atoms with van der Waals surface area (Å²) in [6, 6.07) is 0. The maximum Gasteiger partial charge on any atom is 0.224 e. The van der Waals surface area contributed by atoms with E-state index in [1.807, 2.05) is 6.92 Å². The standard InChI is InChI=1S/C9H9ClN4O/c1-5(15)4-14-8-7(6(2)13-14)3-11-9(10)12-8/h3H,4H2,1-2H3. The quantitative estimate of drug-likeness (QED) is 0.723. The molecule has 2 rings (SSSR count). The highest BCUT2D eigenvalue weighted by atomic mass is 35.5. The van der Waals surface area contributed by atoms with Crippen LogP contribution in [0.3, 0.4) is 0 Å². The van der Waals surface area contributed by atoms with Crippen molar-refractivity contribution in [2.45, 2.75) is 20.4 Å². The zero-order valence-corrected chi connectivity index (χ0v) is 9.12. The lowest BCUT2D eigenvalue weighted by Crippen LogP contribution is -2.08. The molecule has 0 fully saturated rings. The summed E-state index contributed by atoms with van der Waals surface area (Å²) in [5.74, 6) is 0.0223. The monoisotopic (exact) mass is 224 g/mol. The average molecular weight is 225 g/mol. The zero-order valence-electron chi connectivity index (χ0n) is 8.36. The molecule has 0 saturated heterocycles. The van der Waals surface area contributed by atoms with Crippen molar-refractivity contribution in [3.8, 4) is 0 Å². The van der Waals surface area contributed by atoms with Gasteiger partial charge < -0.3 is 0 Å². The van der Waals surface area contributed by atoms with Gasteiger partial charge in [-0.15, -0.1) is 0 Å². The highest BCUT2D eigenvalue weighted by Crippen LogP contribution is 2.16. The third-order valence-corrected chi connectivity index (χ3v) is 2.20. The van der Waals surface area contributed by atoms with Gasteiger partial charge in [-0.2, -0.15) is 10.1 Å². The highest BCUT2D eigenvalue weighted by molar-refractivity contribution is 6.28. The minimum atomic E-state index is 0.0223. The first-order valence-corrected chi connectivity index (χ1v) is 4.81. The number of carbonyl (C=O) groups excluding carboxylic acids is 1. The largest absolute Gasteiger partial charge is 0.298 e. The number of halogens is 1. The first kappa shape index (κ1) is 10.0. The summed E-state index contributed by atoms with van der Waals surface area (Å²) < 4.78 is 1.54. The summed E-state index contributed by atoms with van der Waals surface area (Å²) in [5.41, 5.74) is 1.39. The van der Waals surface area contributed by atoms with Crippen LogP contribution in [-0.4, -0.2) is 25.5 Å². The molecule has 0 atom stereocenters. The van der Waals surface area contributed by atoms with E-state index < -0.39 is 0 Å². The van der Waals surface area contributed by atoms with Gasteiger partial charge >= 0.3 is 0 Å². The molecule has 0 amide bonds. The fourth-order valence-corrected chi connectivity index (χ4v) is 1.54. The second-order valence-corrected chi connectivity index (χ2v) is 3.66. The predicted molar refractivity (Wildman–Crippen MR) is 55.8 cm³/mol. The van der Waals surface area contributed by atoms with Gasteiger partial charge in [0.25, 0.3) is 0 Å². The van der Waals surface area contributed by atoms with Gasteiger partial charge in [-0.05, 0) is 25.4 Å². The predicted octanol–water partition coefficient (Wildman–Crippen LogP) is 1.38. The molecule has 0 unspecified atom stereocenters. The van der Waals surface area contributed by atoms with Gasteiger partial charge in [0, 0.05) is 6.20 Å². The van der Waals surface area contributed by atoms with Crippen LogP contribution in [0.1, 0.15) is 12.6 Å². The molecule has 78 valence electrons. The Balaban J connectivity index is 2.64. The molecule has 2 aromatic rings. The molecule has 0 radical (unpaired) electrons. The number of rotatable bonds is 2. The molecule has 0 aliphatic carbocycles. The number of Topliss-reactive ketones (excluding diaryl/α,β-unsaturated/α-hetero) is 1. The van der Waals surface area contributed by atoms with Crippen molar-refractivity contribution in [1.82, 2.24) is 19.7 Å². The topological polar surface area (TPSA) is 60.7 Å². The third kappa shape index (κ3) is 1.83. The smallest absolute Gasteiger partial charge is 0.224 e. The van der Waals surface area contributed by atoms with Gasteiger partial charge in [0.15, 0.2) is 11.4 Å². The van der Waals surface area contributed by atoms with Gasteiger partial charge in [-0.25, -0.2) is 9.67 Å². The van der Waals surface area contributed by atoms with E-state index in [-0.39, 0.29) is 17.6 Å². The fraction of sp³-hybridized carbons (Fsp3) is 0.333. The van der Waals surface area contributed by atoms with Gasteiger partial charge in [0.1, 0.15) is 6.54 Å². The number of fused-ring (bicyclic) bond motifs is 1. The van der Waals surface area contributed by atoms with Crippen LogP contribution < -0.4 is 0 Å². The number of aryl methyl sites for hydroxylation is 1. The molecule has 0 spiro atoms. The fourth-order valence-electron chi connectivity index (χ4n) is 1.41. The van der Waals surface area contributed by atoms with E-state index in [4.69, 9.17) is 11.6 Å². The third-order valence-electron chi connectivity index (χ3n) is 2.02. The van der Waals surface area contributed by atoms with Crippen molar-refractivity contribution >= 4 is 28.4 Å². The molecule has 0 aliphatic heterocycles. The molecule has 6 heteroatoms. The summed E-state index contributed by atoms with van der Waals surface area (Å²) >= 11 is 5.69. The van der Waals surface area contributed by atoms with E-state index in [0.29, 0.717) is 5.65 Å². The summed E-state index contributed by atoms with van der Waals surface area (Å²) in [7, 11) is 0. The van der Waals surface area contributed by atoms with Crippen molar-refractivity contribution < 1.29 is 4.79 Å². The highest BCUT2D eigenvalue weighted by Gasteiger charge is 2.10. The van der Waals surface area contributed by atoms with Crippen LogP contribution in [-0.2, 0) is 11.3 Å². The Labute approximate surface area is 91.1 Å². The van der Waals surface area contributed by atoms with E-state index in [1.165, 1.54) is 6.92 Å². The molecule has 0 saturated carbocycles. The van der Waals surface area contributed by atoms with Gasteiger partial charge in [0.05, 0.1) is 11.1 Å². The van der Waals surface area contributed by atoms with Gasteiger partial charge in [-0.3, -0.25) is 4.79 Å². The van der Waals surface area contributed by atoms with Crippen molar-refractivity contribution in [3.63, 3.8) is 0 Å². The molecule has 15 heavy (non-hydrogen) atoms. The second-order valence-electron chi connectivity index (χ2n) is 3.32. The van der Waals surface area contributed by atoms with Crippen LogP contribution >= 0.6 is 11.6 Å². The molecular weight excluding hydrogens is 216 g/mol. The van der Waals surface area contributed by atoms with Crippen molar-refractivity contribution in [2.24, 2.45) is 0 Å². The Kier molecular flexibility index (Phi) is 2.40. The number of hydrogen-bond donors (Lipinski definition) is 0. The second kappa shape index (κ2) is 3.58. The molecule has 2 heterocycles. The van der Waals surface area contributed by atoms with Crippen molar-refractivity contribution in [3.05, 3.63) is 17.2 Å². The number of carbonyl (C=O) groups is 1. The SMILES string of the molecule is CC(=O)Cn1nc(C)c2cnc(Cl)nc21. The number of aromatic nitrogens is 4. The van der Waals surface area contributed by atoms with Gasteiger partial charge in [0.2, 0.25) is 5.28 Å². The van der Waals surface area contributed by atoms with E-state index in [9.17, 15) is 4.79 Å². The summed E-state index contributed by atoms with van der Waals surface area (Å²) in [6.07, 6.45) is 1.61. The number of hydrogen-bond acceptors (Lipinski definition) is 4. The van der Waals surface area contributed by atoms with E-state index in [1.54, 1.807) is 10.9 Å². The molecule has 0 N–H and O–H groups in total. The maximum absolute atomic E-state index is 11.0. The molecular formula is C9H9ClN4O. The molecule has 2 aromatic heterocycles. The molecule has 0 aliphatic rings. The Morgan fingerprint density at radius 3 is 3.00 bits per heavy atom. The molecule has 0 bridgehead atoms. The lowest BCUT2D eigenvalue weighted by atomic mass is 10.3. The van der Waals surface area contributed by atoms with Gasteiger partial charge in [-0.1, -0.05) is 0 Å². The van der Waals surface area contributed by atoms with Crippen LogP contribution in [0.5, 0.6) is 0 Å². The van der Waals surface area contributed by atoms with Crippen LogP contribution in [0.4, 0.5) is 0 Å². The summed E-state index contributed by atoms with van der Waals surface area (Å²) in [6.45, 7) is 3.56. The first-order chi connectivity index (χ1) is 7.08. The first-order valence-electron chi connectivity index (χ1n) is 4.43. The van der Waals surface area contributed by atoms with Crippen LogP contribution in [0.25, 0.3) is 11.0 Å². The van der Waals surface area contributed by atoms with Crippen LogP contribution in [0, 0.1) is 6.92 Å². The lowest BCUT2D eigenvalue weighted by Gasteiger charge is -1.98. The minimum absolute atomic E-state index is 0.0223. The average Bonchev–Trinajstić information content (AvgIpc) is 2.42. The summed E-state index contributed by atoms with van der Waals surface area (Å²) in [4.78, 5) is 18.9. The Morgan fingerprint density at radius 2 is 2.33 bits per heavy atom. The molecule has 0 aromatic carbocycles. The summed E-state index contributed by atoms with van der Waals surface area (Å²) in [5, 5.41) is 5.19. The Morgan fingerprint density at radius 1 is 1.60 bits per heavy atom. The van der Waals surface area contributed by atoms with Crippen LogP contribution in [0.15, 0.2) is 6.20 Å². The van der Waals surface area contributed by atoms with Crippen LogP contribution in [0.2, 0.25) is 5.28 Å². The van der Waals surface area contributed by atoms with E-state index >= 15 is 0 Å². The van der Waals surface area contributed by atoms with E-state index in [0.717, 1.165) is 11.1 Å².